The number of fused-ring (bicyclic) bond motifs is 3. The second-order valence-electron chi connectivity index (χ2n) is 5.76. The lowest BCUT2D eigenvalue weighted by molar-refractivity contribution is -0.118. The predicted octanol–water partition coefficient (Wildman–Crippen LogP) is 2.94. The summed E-state index contributed by atoms with van der Waals surface area (Å²) in [7, 11) is 0. The molecule has 0 fully saturated rings. The highest BCUT2D eigenvalue weighted by molar-refractivity contribution is 8.00. The van der Waals surface area contributed by atoms with Crippen molar-refractivity contribution in [1.82, 2.24) is 15.3 Å². The van der Waals surface area contributed by atoms with E-state index in [9.17, 15) is 4.79 Å². The molecule has 0 bridgehead atoms. The molecule has 1 amide bonds. The maximum Gasteiger partial charge on any atom is 0.230 e. The van der Waals surface area contributed by atoms with Gasteiger partial charge in [-0.05, 0) is 30.7 Å². The average molecular weight is 346 g/mol. The Bertz CT molecular complexity index is 765. The van der Waals surface area contributed by atoms with Crippen molar-refractivity contribution < 1.29 is 4.79 Å². The molecule has 0 aliphatic heterocycles. The smallest absolute Gasteiger partial charge is 0.230 e. The van der Waals surface area contributed by atoms with Gasteiger partial charge in [0, 0.05) is 16.8 Å². The zero-order valence-electron chi connectivity index (χ0n) is 13.0. The molecule has 1 N–H and O–H groups in total. The lowest BCUT2D eigenvalue weighted by atomic mass is 9.89. The predicted molar refractivity (Wildman–Crippen MR) is 92.6 cm³/mol. The summed E-state index contributed by atoms with van der Waals surface area (Å²) in [6.45, 7) is 2.70. The van der Waals surface area contributed by atoms with Gasteiger partial charge in [0.25, 0.3) is 0 Å². The minimum Gasteiger partial charge on any atom is -0.354 e. The summed E-state index contributed by atoms with van der Waals surface area (Å²) >= 11 is 3.22. The summed E-state index contributed by atoms with van der Waals surface area (Å²) in [6.07, 6.45) is 5.32. The minimum absolute atomic E-state index is 0.0604. The van der Waals surface area contributed by atoms with Crippen molar-refractivity contribution in [1.29, 1.82) is 5.26 Å². The molecule has 2 aromatic rings. The largest absolute Gasteiger partial charge is 0.354 e. The van der Waals surface area contributed by atoms with Crippen molar-refractivity contribution in [2.24, 2.45) is 5.92 Å². The van der Waals surface area contributed by atoms with Crippen molar-refractivity contribution in [2.45, 2.75) is 37.6 Å². The topological polar surface area (TPSA) is 78.7 Å². The summed E-state index contributed by atoms with van der Waals surface area (Å²) in [5.74, 6) is 0.985. The van der Waals surface area contributed by atoms with Crippen LogP contribution in [0, 0.1) is 17.2 Å². The van der Waals surface area contributed by atoms with Crippen LogP contribution in [-0.2, 0) is 17.6 Å². The van der Waals surface area contributed by atoms with Crippen molar-refractivity contribution in [2.75, 3.05) is 12.3 Å². The highest BCUT2D eigenvalue weighted by Gasteiger charge is 2.23. The maximum atomic E-state index is 11.8. The Morgan fingerprint density at radius 2 is 2.43 bits per heavy atom. The Hall–Kier alpha value is -1.65. The molecule has 0 radical (unpaired) electrons. The molecule has 3 rings (SSSR count). The van der Waals surface area contributed by atoms with Crippen LogP contribution in [0.1, 0.15) is 30.2 Å². The van der Waals surface area contributed by atoms with Gasteiger partial charge in [-0.3, -0.25) is 4.79 Å². The maximum absolute atomic E-state index is 11.8. The van der Waals surface area contributed by atoms with Crippen LogP contribution in [0.3, 0.4) is 0 Å². The van der Waals surface area contributed by atoms with E-state index in [2.05, 4.69) is 22.2 Å². The van der Waals surface area contributed by atoms with E-state index in [4.69, 9.17) is 5.26 Å². The van der Waals surface area contributed by atoms with Crippen LogP contribution in [0.4, 0.5) is 0 Å². The first-order valence-corrected chi connectivity index (χ1v) is 9.51. The third-order valence-electron chi connectivity index (χ3n) is 3.96. The van der Waals surface area contributed by atoms with Gasteiger partial charge in [0.2, 0.25) is 5.91 Å². The molecule has 0 aromatic carbocycles. The van der Waals surface area contributed by atoms with Crippen molar-refractivity contribution in [3.05, 3.63) is 16.8 Å². The fraction of sp³-hybridized carbons (Fsp3) is 0.500. The summed E-state index contributed by atoms with van der Waals surface area (Å²) in [4.78, 5) is 23.1. The van der Waals surface area contributed by atoms with E-state index in [-0.39, 0.29) is 5.91 Å². The summed E-state index contributed by atoms with van der Waals surface area (Å²) < 4.78 is 0. The van der Waals surface area contributed by atoms with Crippen LogP contribution in [0.15, 0.2) is 11.4 Å². The fourth-order valence-corrected chi connectivity index (χ4v) is 5.07. The molecule has 1 aliphatic rings. The van der Waals surface area contributed by atoms with E-state index in [1.807, 2.05) is 6.07 Å². The molecule has 1 atom stereocenters. The first-order valence-electron chi connectivity index (χ1n) is 7.70. The number of carbonyl (C=O) groups is 1. The summed E-state index contributed by atoms with van der Waals surface area (Å²) in [5, 5.41) is 13.3. The highest BCUT2D eigenvalue weighted by Crippen LogP contribution is 2.40. The number of nitrogens with zero attached hydrogens (tertiary/aromatic N) is 3. The molecule has 2 heterocycles. The Morgan fingerprint density at radius 1 is 1.57 bits per heavy atom. The zero-order valence-corrected chi connectivity index (χ0v) is 14.6. The lowest BCUT2D eigenvalue weighted by Crippen LogP contribution is -2.25. The molecule has 0 unspecified atom stereocenters. The number of hydrogen-bond acceptors (Lipinski definition) is 6. The molecule has 0 saturated carbocycles. The standard InChI is InChI=1S/C16H18N4OS2/c1-10-3-4-11-12(7-10)23-16-14(11)15(19-9-20-16)22-8-13(21)18-6-2-5-17/h9-10H,2-4,6-8H2,1H3,(H,18,21)/t10-/m0/s1. The average Bonchev–Trinajstić information content (AvgIpc) is 2.91. The molecule has 0 saturated heterocycles. The molecular formula is C16H18N4OS2. The molecule has 0 spiro atoms. The number of carbonyl (C=O) groups excluding carboxylic acids is 1. The second kappa shape index (κ2) is 7.28. The van der Waals surface area contributed by atoms with E-state index >= 15 is 0 Å². The van der Waals surface area contributed by atoms with Crippen molar-refractivity contribution in [3.8, 4) is 6.07 Å². The van der Waals surface area contributed by atoms with Crippen LogP contribution in [0.25, 0.3) is 10.2 Å². The Kier molecular flexibility index (Phi) is 5.13. The molecule has 5 nitrogen and oxygen atoms in total. The Morgan fingerprint density at radius 3 is 3.26 bits per heavy atom. The number of hydrogen-bond donors (Lipinski definition) is 1. The van der Waals surface area contributed by atoms with Gasteiger partial charge >= 0.3 is 0 Å². The van der Waals surface area contributed by atoms with Crippen LogP contribution in [-0.4, -0.2) is 28.2 Å². The monoisotopic (exact) mass is 346 g/mol. The number of aryl methyl sites for hydroxylation is 1. The van der Waals surface area contributed by atoms with Crippen LogP contribution in [0.5, 0.6) is 0 Å². The van der Waals surface area contributed by atoms with Gasteiger partial charge in [0.15, 0.2) is 0 Å². The number of thiophene rings is 1. The van der Waals surface area contributed by atoms with Crippen LogP contribution < -0.4 is 5.32 Å². The molecule has 7 heteroatoms. The third kappa shape index (κ3) is 3.65. The van der Waals surface area contributed by atoms with E-state index in [0.717, 1.165) is 34.0 Å². The van der Waals surface area contributed by atoms with E-state index in [0.29, 0.717) is 18.7 Å². The number of thioether (sulfide) groups is 1. The van der Waals surface area contributed by atoms with Gasteiger partial charge in [0.05, 0.1) is 18.2 Å². The second-order valence-corrected chi connectivity index (χ2v) is 7.81. The molecule has 1 aliphatic carbocycles. The fourth-order valence-electron chi connectivity index (χ4n) is 2.80. The van der Waals surface area contributed by atoms with Gasteiger partial charge in [-0.2, -0.15) is 5.26 Å². The number of nitrogens with one attached hydrogen (secondary N) is 1. The normalized spacial score (nSPS) is 16.8. The van der Waals surface area contributed by atoms with Crippen molar-refractivity contribution in [3.63, 3.8) is 0 Å². The van der Waals surface area contributed by atoms with E-state index < -0.39 is 0 Å². The molecule has 2 aromatic heterocycles. The number of rotatable bonds is 5. The summed E-state index contributed by atoms with van der Waals surface area (Å²) in [5.41, 5.74) is 1.39. The Balaban J connectivity index is 1.76. The minimum atomic E-state index is -0.0604. The van der Waals surface area contributed by atoms with Gasteiger partial charge in [-0.1, -0.05) is 18.7 Å². The van der Waals surface area contributed by atoms with Crippen LogP contribution in [0.2, 0.25) is 0 Å². The quantitative estimate of drug-likeness (QED) is 0.511. The zero-order chi connectivity index (χ0) is 16.2. The number of aromatic nitrogens is 2. The van der Waals surface area contributed by atoms with E-state index in [1.54, 1.807) is 17.7 Å². The van der Waals surface area contributed by atoms with Crippen LogP contribution >= 0.6 is 23.1 Å². The molecule has 120 valence electrons. The molecule has 23 heavy (non-hydrogen) atoms. The third-order valence-corrected chi connectivity index (χ3v) is 6.11. The number of amides is 1. The van der Waals surface area contributed by atoms with Gasteiger partial charge in [0.1, 0.15) is 16.2 Å². The highest BCUT2D eigenvalue weighted by atomic mass is 32.2. The first kappa shape index (κ1) is 16.2. The SMILES string of the molecule is C[C@H]1CCc2c(sc3ncnc(SCC(=O)NCCC#N)c23)C1. The first-order chi connectivity index (χ1) is 11.2. The van der Waals surface area contributed by atoms with Gasteiger partial charge in [-0.25, -0.2) is 9.97 Å². The lowest BCUT2D eigenvalue weighted by Gasteiger charge is -2.18. The van der Waals surface area contributed by atoms with Gasteiger partial charge < -0.3 is 5.32 Å². The van der Waals surface area contributed by atoms with E-state index in [1.165, 1.54) is 28.6 Å². The van der Waals surface area contributed by atoms with Crippen molar-refractivity contribution >= 4 is 39.2 Å². The number of nitriles is 1. The summed E-state index contributed by atoms with van der Waals surface area (Å²) in [6, 6.07) is 2.01. The Labute approximate surface area is 143 Å². The van der Waals surface area contributed by atoms with Gasteiger partial charge in [-0.15, -0.1) is 11.3 Å². The molecular weight excluding hydrogens is 328 g/mol.